The van der Waals surface area contributed by atoms with Crippen molar-refractivity contribution < 1.29 is 9.90 Å². The van der Waals surface area contributed by atoms with Crippen molar-refractivity contribution in [3.63, 3.8) is 0 Å². The van der Waals surface area contributed by atoms with Crippen molar-refractivity contribution in [1.29, 1.82) is 0 Å². The van der Waals surface area contributed by atoms with Crippen molar-refractivity contribution >= 4 is 33.7 Å². The van der Waals surface area contributed by atoms with Crippen LogP contribution in [0, 0.1) is 6.92 Å². The highest BCUT2D eigenvalue weighted by Crippen LogP contribution is 2.27. The number of anilines is 1. The fourth-order valence-corrected chi connectivity index (χ4v) is 3.83. The zero-order valence-corrected chi connectivity index (χ0v) is 17.3. The Bertz CT molecular complexity index is 1420. The highest BCUT2D eigenvalue weighted by Gasteiger charge is 2.18. The average molecular weight is 427 g/mol. The predicted octanol–water partition coefficient (Wildman–Crippen LogP) is 3.66. The number of aliphatic hydroxyl groups excluding tert-OH is 1. The standard InChI is InChI=1S/C23H21N7O2/c1-13-9-15(6-7-24-13)22-17-11-26-20(10-18(17)29-30-22)28-23(32)27-19(12-31)16-4-2-3-14-5-8-25-21(14)16/h2-11,19,25,31H,12H2,1H3,(H,29,30)(H2,26,27,28,32)/t19-/m1/s1. The number of carbonyl (C=O) groups is 1. The molecule has 0 aliphatic carbocycles. The van der Waals surface area contributed by atoms with Gasteiger partial charge >= 0.3 is 6.03 Å². The molecule has 5 rings (SSSR count). The third kappa shape index (κ3) is 3.65. The van der Waals surface area contributed by atoms with Crippen LogP contribution in [0.25, 0.3) is 33.1 Å². The van der Waals surface area contributed by atoms with Crippen molar-refractivity contribution in [2.75, 3.05) is 11.9 Å². The maximum absolute atomic E-state index is 12.6. The number of aromatic nitrogens is 5. The molecule has 1 atom stereocenters. The minimum absolute atomic E-state index is 0.243. The molecule has 4 heterocycles. The molecule has 2 amide bonds. The van der Waals surface area contributed by atoms with Crippen LogP contribution in [0.15, 0.2) is 61.1 Å². The van der Waals surface area contributed by atoms with Gasteiger partial charge in [-0.3, -0.25) is 15.4 Å². The highest BCUT2D eigenvalue weighted by atomic mass is 16.3. The number of aryl methyl sites for hydroxylation is 1. The summed E-state index contributed by atoms with van der Waals surface area (Å²) in [4.78, 5) is 24.3. The molecule has 0 fully saturated rings. The smallest absolute Gasteiger partial charge is 0.320 e. The third-order valence-electron chi connectivity index (χ3n) is 5.34. The number of hydrogen-bond acceptors (Lipinski definition) is 5. The summed E-state index contributed by atoms with van der Waals surface area (Å²) in [5.41, 5.74) is 5.04. The van der Waals surface area contributed by atoms with Gasteiger partial charge < -0.3 is 15.4 Å². The summed E-state index contributed by atoms with van der Waals surface area (Å²) in [5, 5.41) is 24.6. The van der Waals surface area contributed by atoms with Gasteiger partial charge in [-0.1, -0.05) is 18.2 Å². The van der Waals surface area contributed by atoms with Crippen molar-refractivity contribution in [3.05, 3.63) is 72.3 Å². The summed E-state index contributed by atoms with van der Waals surface area (Å²) in [6.07, 6.45) is 5.24. The summed E-state index contributed by atoms with van der Waals surface area (Å²) >= 11 is 0. The van der Waals surface area contributed by atoms with Crippen LogP contribution in [0.2, 0.25) is 0 Å². The van der Waals surface area contributed by atoms with Crippen LogP contribution < -0.4 is 10.6 Å². The zero-order valence-electron chi connectivity index (χ0n) is 17.3. The van der Waals surface area contributed by atoms with Crippen molar-refractivity contribution in [2.24, 2.45) is 0 Å². The Hall–Kier alpha value is -4.24. The van der Waals surface area contributed by atoms with E-state index in [4.69, 9.17) is 0 Å². The molecule has 0 unspecified atom stereocenters. The molecule has 9 heteroatoms. The number of hydrogen-bond donors (Lipinski definition) is 5. The Morgan fingerprint density at radius 1 is 1.19 bits per heavy atom. The number of benzene rings is 1. The fraction of sp³-hybridized carbons (Fsp3) is 0.130. The second-order valence-corrected chi connectivity index (χ2v) is 7.50. The maximum atomic E-state index is 12.6. The second-order valence-electron chi connectivity index (χ2n) is 7.50. The lowest BCUT2D eigenvalue weighted by Crippen LogP contribution is -2.34. The number of pyridine rings is 2. The molecule has 0 saturated carbocycles. The summed E-state index contributed by atoms with van der Waals surface area (Å²) in [6.45, 7) is 1.68. The van der Waals surface area contributed by atoms with Gasteiger partial charge in [-0.05, 0) is 30.5 Å². The summed E-state index contributed by atoms with van der Waals surface area (Å²) in [7, 11) is 0. The molecule has 4 aromatic heterocycles. The lowest BCUT2D eigenvalue weighted by atomic mass is 10.0. The first kappa shape index (κ1) is 19.7. The minimum atomic E-state index is -0.574. The van der Waals surface area contributed by atoms with Gasteiger partial charge in [0.15, 0.2) is 0 Å². The normalized spacial score (nSPS) is 12.2. The van der Waals surface area contributed by atoms with Gasteiger partial charge in [-0.2, -0.15) is 5.10 Å². The van der Waals surface area contributed by atoms with E-state index < -0.39 is 12.1 Å². The fourth-order valence-electron chi connectivity index (χ4n) is 3.83. The SMILES string of the molecule is Cc1cc(-c2n[nH]c3cc(NC(=O)N[C@H](CO)c4cccc5cc[nH]c45)ncc23)ccn1. The quantitative estimate of drug-likeness (QED) is 0.292. The van der Waals surface area contributed by atoms with Crippen molar-refractivity contribution in [3.8, 4) is 11.3 Å². The van der Waals surface area contributed by atoms with Crippen LogP contribution >= 0.6 is 0 Å². The minimum Gasteiger partial charge on any atom is -0.394 e. The van der Waals surface area contributed by atoms with E-state index in [9.17, 15) is 9.90 Å². The monoisotopic (exact) mass is 427 g/mol. The van der Waals surface area contributed by atoms with Gasteiger partial charge in [-0.15, -0.1) is 0 Å². The molecular weight excluding hydrogens is 406 g/mol. The van der Waals surface area contributed by atoms with Gasteiger partial charge in [0.2, 0.25) is 0 Å². The number of aliphatic hydroxyl groups is 1. The van der Waals surface area contributed by atoms with Gasteiger partial charge in [0, 0.05) is 46.9 Å². The number of carbonyl (C=O) groups excluding carboxylic acids is 1. The number of nitrogens with zero attached hydrogens (tertiary/aromatic N) is 3. The average Bonchev–Trinajstić information content (AvgIpc) is 3.44. The number of H-pyrrole nitrogens is 2. The Labute approximate surface area is 182 Å². The van der Waals surface area contributed by atoms with E-state index in [1.807, 2.05) is 49.5 Å². The Morgan fingerprint density at radius 3 is 2.94 bits per heavy atom. The van der Waals surface area contributed by atoms with Crippen molar-refractivity contribution in [2.45, 2.75) is 13.0 Å². The molecule has 5 aromatic rings. The number of para-hydroxylation sites is 1. The summed E-state index contributed by atoms with van der Waals surface area (Å²) in [6, 6.07) is 12.2. The first-order chi connectivity index (χ1) is 15.6. The van der Waals surface area contributed by atoms with E-state index >= 15 is 0 Å². The molecule has 0 bridgehead atoms. The summed E-state index contributed by atoms with van der Waals surface area (Å²) in [5.74, 6) is 0.367. The lowest BCUT2D eigenvalue weighted by molar-refractivity contribution is 0.225. The molecular formula is C23H21N7O2. The van der Waals surface area contributed by atoms with E-state index in [1.54, 1.807) is 18.5 Å². The highest BCUT2D eigenvalue weighted by molar-refractivity contribution is 5.96. The van der Waals surface area contributed by atoms with Crippen LogP contribution in [-0.2, 0) is 0 Å². The topological polar surface area (TPSA) is 132 Å². The zero-order chi connectivity index (χ0) is 22.1. The molecule has 5 N–H and O–H groups in total. The first-order valence-corrected chi connectivity index (χ1v) is 10.1. The van der Waals surface area contributed by atoms with Crippen LogP contribution in [-0.4, -0.2) is 42.9 Å². The number of fused-ring (bicyclic) bond motifs is 2. The molecule has 0 aliphatic heterocycles. The largest absolute Gasteiger partial charge is 0.394 e. The van der Waals surface area contributed by atoms with E-state index in [0.29, 0.717) is 5.82 Å². The van der Waals surface area contributed by atoms with E-state index in [-0.39, 0.29) is 6.61 Å². The van der Waals surface area contributed by atoms with Crippen LogP contribution in [0.4, 0.5) is 10.6 Å². The van der Waals surface area contributed by atoms with Gasteiger partial charge in [-0.25, -0.2) is 9.78 Å². The van der Waals surface area contributed by atoms with Crippen molar-refractivity contribution in [1.82, 2.24) is 30.5 Å². The van der Waals surface area contributed by atoms with Crippen LogP contribution in [0.1, 0.15) is 17.3 Å². The number of amides is 2. The van der Waals surface area contributed by atoms with E-state index in [0.717, 1.165) is 44.3 Å². The molecule has 0 spiro atoms. The molecule has 1 aromatic carbocycles. The number of nitrogens with one attached hydrogen (secondary N) is 4. The van der Waals surface area contributed by atoms with Gasteiger partial charge in [0.05, 0.1) is 23.7 Å². The molecule has 0 aliphatic rings. The van der Waals surface area contributed by atoms with Crippen LogP contribution in [0.5, 0.6) is 0 Å². The second kappa shape index (κ2) is 8.12. The van der Waals surface area contributed by atoms with Gasteiger partial charge in [0.1, 0.15) is 11.5 Å². The molecule has 9 nitrogen and oxygen atoms in total. The van der Waals surface area contributed by atoms with E-state index in [1.165, 1.54) is 0 Å². The number of urea groups is 1. The Morgan fingerprint density at radius 2 is 2.09 bits per heavy atom. The Balaban J connectivity index is 1.35. The first-order valence-electron chi connectivity index (χ1n) is 10.1. The Kier molecular flexibility index (Phi) is 5.00. The maximum Gasteiger partial charge on any atom is 0.320 e. The molecule has 0 saturated heterocycles. The van der Waals surface area contributed by atoms with Gasteiger partial charge in [0.25, 0.3) is 0 Å². The molecule has 160 valence electrons. The molecule has 0 radical (unpaired) electrons. The lowest BCUT2D eigenvalue weighted by Gasteiger charge is -2.18. The summed E-state index contributed by atoms with van der Waals surface area (Å²) < 4.78 is 0. The van der Waals surface area contributed by atoms with Crippen LogP contribution in [0.3, 0.4) is 0 Å². The predicted molar refractivity (Wildman–Crippen MR) is 122 cm³/mol. The molecule has 32 heavy (non-hydrogen) atoms. The van der Waals surface area contributed by atoms with E-state index in [2.05, 4.69) is 35.8 Å². The number of aromatic amines is 2. The number of rotatable bonds is 5. The third-order valence-corrected chi connectivity index (χ3v) is 5.34.